The lowest BCUT2D eigenvalue weighted by molar-refractivity contribution is 0.427. The van der Waals surface area contributed by atoms with Crippen LogP contribution in [0.25, 0.3) is 0 Å². The highest BCUT2D eigenvalue weighted by molar-refractivity contribution is 9.10. The van der Waals surface area contributed by atoms with Gasteiger partial charge in [-0.15, -0.1) is 0 Å². The first-order valence-electron chi connectivity index (χ1n) is 4.98. The van der Waals surface area contributed by atoms with Gasteiger partial charge in [0, 0.05) is 22.9 Å². The van der Waals surface area contributed by atoms with Gasteiger partial charge in [-0.1, -0.05) is 13.3 Å². The van der Waals surface area contributed by atoms with Gasteiger partial charge < -0.3 is 5.73 Å². The Hall–Kier alpha value is -0.410. The summed E-state index contributed by atoms with van der Waals surface area (Å²) in [6.45, 7) is 4.25. The second kappa shape index (κ2) is 5.47. The minimum Gasteiger partial charge on any atom is -0.328 e. The third-order valence-electron chi connectivity index (χ3n) is 2.53. The van der Waals surface area contributed by atoms with Crippen molar-refractivity contribution >= 4 is 15.9 Å². The summed E-state index contributed by atoms with van der Waals surface area (Å²) in [4.78, 5) is 4.14. The van der Waals surface area contributed by atoms with Crippen molar-refractivity contribution in [2.24, 2.45) is 11.7 Å². The molecular formula is C11H17BrN2. The largest absolute Gasteiger partial charge is 0.328 e. The van der Waals surface area contributed by atoms with E-state index in [1.807, 2.05) is 6.20 Å². The van der Waals surface area contributed by atoms with Crippen LogP contribution < -0.4 is 5.73 Å². The minimum atomic E-state index is 0.249. The van der Waals surface area contributed by atoms with Crippen molar-refractivity contribution in [1.29, 1.82) is 0 Å². The fourth-order valence-electron chi connectivity index (χ4n) is 1.57. The molecule has 2 nitrogen and oxygen atoms in total. The van der Waals surface area contributed by atoms with Gasteiger partial charge in [-0.25, -0.2) is 0 Å². The maximum absolute atomic E-state index is 5.90. The fraction of sp³-hybridized carbons (Fsp3) is 0.545. The number of halogens is 1. The Bertz CT molecular complexity index is 286. The summed E-state index contributed by atoms with van der Waals surface area (Å²) in [6, 6.07) is 2.36. The van der Waals surface area contributed by atoms with Crippen LogP contribution in [-0.2, 0) is 6.42 Å². The molecule has 0 bridgehead atoms. The molecule has 0 aliphatic heterocycles. The first-order chi connectivity index (χ1) is 6.63. The van der Waals surface area contributed by atoms with E-state index in [1.165, 1.54) is 5.56 Å². The van der Waals surface area contributed by atoms with Crippen molar-refractivity contribution in [1.82, 2.24) is 4.98 Å². The topological polar surface area (TPSA) is 38.9 Å². The molecule has 2 N–H and O–H groups in total. The quantitative estimate of drug-likeness (QED) is 0.900. The molecule has 2 atom stereocenters. The Kier molecular flexibility index (Phi) is 4.55. The molecule has 0 aliphatic rings. The highest BCUT2D eigenvalue weighted by atomic mass is 79.9. The summed E-state index contributed by atoms with van der Waals surface area (Å²) >= 11 is 3.42. The van der Waals surface area contributed by atoms with Crippen molar-refractivity contribution in [2.45, 2.75) is 32.7 Å². The molecule has 0 aromatic carbocycles. The SMILES string of the molecule is CCC(Cc1cncc(Br)c1)C(C)N. The van der Waals surface area contributed by atoms with E-state index in [4.69, 9.17) is 5.73 Å². The number of hydrogen-bond acceptors (Lipinski definition) is 2. The van der Waals surface area contributed by atoms with Crippen LogP contribution in [0.1, 0.15) is 25.8 Å². The van der Waals surface area contributed by atoms with Crippen LogP contribution in [0.4, 0.5) is 0 Å². The fourth-order valence-corrected chi connectivity index (χ4v) is 1.98. The highest BCUT2D eigenvalue weighted by Gasteiger charge is 2.12. The third-order valence-corrected chi connectivity index (χ3v) is 2.96. The Labute approximate surface area is 94.0 Å². The zero-order chi connectivity index (χ0) is 10.6. The van der Waals surface area contributed by atoms with Crippen LogP contribution >= 0.6 is 15.9 Å². The van der Waals surface area contributed by atoms with Gasteiger partial charge in [0.25, 0.3) is 0 Å². The van der Waals surface area contributed by atoms with Gasteiger partial charge in [0.15, 0.2) is 0 Å². The standard InChI is InChI=1S/C11H17BrN2/c1-3-10(8(2)13)4-9-5-11(12)7-14-6-9/h5-8,10H,3-4,13H2,1-2H3. The van der Waals surface area contributed by atoms with Gasteiger partial charge in [0.2, 0.25) is 0 Å². The second-order valence-corrected chi connectivity index (χ2v) is 4.66. The molecule has 0 spiro atoms. The second-order valence-electron chi connectivity index (χ2n) is 3.74. The van der Waals surface area contributed by atoms with Crippen molar-refractivity contribution < 1.29 is 0 Å². The van der Waals surface area contributed by atoms with Gasteiger partial charge in [-0.2, -0.15) is 0 Å². The summed E-state index contributed by atoms with van der Waals surface area (Å²) in [6.07, 6.45) is 5.84. The summed E-state index contributed by atoms with van der Waals surface area (Å²) in [5, 5.41) is 0. The van der Waals surface area contributed by atoms with Crippen LogP contribution in [0.3, 0.4) is 0 Å². The average Bonchev–Trinajstić information content (AvgIpc) is 2.14. The normalized spacial score (nSPS) is 15.1. The van der Waals surface area contributed by atoms with Crippen LogP contribution in [0, 0.1) is 5.92 Å². The number of hydrogen-bond donors (Lipinski definition) is 1. The van der Waals surface area contributed by atoms with Crippen molar-refractivity contribution in [3.63, 3.8) is 0 Å². The number of aromatic nitrogens is 1. The predicted molar refractivity (Wildman–Crippen MR) is 63.1 cm³/mol. The molecule has 0 fully saturated rings. The Morgan fingerprint density at radius 3 is 2.71 bits per heavy atom. The molecule has 3 heteroatoms. The Morgan fingerprint density at radius 1 is 1.50 bits per heavy atom. The van der Waals surface area contributed by atoms with Crippen LogP contribution in [0.5, 0.6) is 0 Å². The lowest BCUT2D eigenvalue weighted by Crippen LogP contribution is -2.27. The lowest BCUT2D eigenvalue weighted by Gasteiger charge is -2.18. The molecular weight excluding hydrogens is 240 g/mol. The molecule has 1 aromatic heterocycles. The van der Waals surface area contributed by atoms with E-state index in [0.717, 1.165) is 17.3 Å². The molecule has 0 saturated heterocycles. The Morgan fingerprint density at radius 2 is 2.21 bits per heavy atom. The molecule has 78 valence electrons. The number of rotatable bonds is 4. The zero-order valence-corrected chi connectivity index (χ0v) is 10.3. The summed E-state index contributed by atoms with van der Waals surface area (Å²) in [5.41, 5.74) is 7.15. The van der Waals surface area contributed by atoms with E-state index in [9.17, 15) is 0 Å². The maximum atomic E-state index is 5.90. The molecule has 2 unspecified atom stereocenters. The predicted octanol–water partition coefficient (Wildman–Crippen LogP) is 2.76. The van der Waals surface area contributed by atoms with E-state index < -0.39 is 0 Å². The summed E-state index contributed by atoms with van der Waals surface area (Å²) < 4.78 is 1.04. The summed E-state index contributed by atoms with van der Waals surface area (Å²) in [7, 11) is 0. The van der Waals surface area contributed by atoms with Crippen LogP contribution in [0.2, 0.25) is 0 Å². The minimum absolute atomic E-state index is 0.249. The number of pyridine rings is 1. The van der Waals surface area contributed by atoms with Gasteiger partial charge in [-0.3, -0.25) is 4.98 Å². The summed E-state index contributed by atoms with van der Waals surface area (Å²) in [5.74, 6) is 0.547. The smallest absolute Gasteiger partial charge is 0.0410 e. The third kappa shape index (κ3) is 3.39. The lowest BCUT2D eigenvalue weighted by atomic mass is 9.92. The Balaban J connectivity index is 2.67. The van der Waals surface area contributed by atoms with Gasteiger partial charge in [-0.05, 0) is 46.8 Å². The van der Waals surface area contributed by atoms with Gasteiger partial charge >= 0.3 is 0 Å². The van der Waals surface area contributed by atoms with Gasteiger partial charge in [0.1, 0.15) is 0 Å². The van der Waals surface area contributed by atoms with Gasteiger partial charge in [0.05, 0.1) is 0 Å². The molecule has 14 heavy (non-hydrogen) atoms. The van der Waals surface area contributed by atoms with E-state index in [-0.39, 0.29) is 6.04 Å². The highest BCUT2D eigenvalue weighted by Crippen LogP contribution is 2.17. The number of nitrogens with two attached hydrogens (primary N) is 1. The molecule has 0 aliphatic carbocycles. The van der Waals surface area contributed by atoms with Crippen LogP contribution in [0.15, 0.2) is 22.9 Å². The molecule has 1 aromatic rings. The maximum Gasteiger partial charge on any atom is 0.0410 e. The van der Waals surface area contributed by atoms with Crippen molar-refractivity contribution in [3.8, 4) is 0 Å². The first-order valence-corrected chi connectivity index (χ1v) is 5.77. The van der Waals surface area contributed by atoms with E-state index >= 15 is 0 Å². The first kappa shape index (κ1) is 11.7. The zero-order valence-electron chi connectivity index (χ0n) is 8.70. The van der Waals surface area contributed by atoms with Crippen molar-refractivity contribution in [3.05, 3.63) is 28.5 Å². The molecule has 1 rings (SSSR count). The molecule has 0 amide bonds. The van der Waals surface area contributed by atoms with E-state index in [1.54, 1.807) is 6.20 Å². The van der Waals surface area contributed by atoms with Crippen molar-refractivity contribution in [2.75, 3.05) is 0 Å². The molecule has 0 saturated carbocycles. The molecule has 1 heterocycles. The average molecular weight is 257 g/mol. The van der Waals surface area contributed by atoms with E-state index in [0.29, 0.717) is 5.92 Å². The molecule has 0 radical (unpaired) electrons. The number of nitrogens with zero attached hydrogens (tertiary/aromatic N) is 1. The van der Waals surface area contributed by atoms with Crippen LogP contribution in [-0.4, -0.2) is 11.0 Å². The van der Waals surface area contributed by atoms with E-state index in [2.05, 4.69) is 40.8 Å². The monoisotopic (exact) mass is 256 g/mol.